The maximum atomic E-state index is 15.5. The number of anilines is 1. The molecule has 3 aliphatic heterocycles. The number of carbonyl (C=O) groups is 1. The number of ether oxygens (including phenoxy) is 1. The standard InChI is InChI=1S/C25H24FN5O3/c1-28-15-7-9-30(12-15)25(33)17-13-31-19-4-2-3-5-20(19)34-24-21(31)16(23(17)32)10-18(26)22(24)29-8-6-14(27)11-29/h2-6,8,10,13-15,28H,7,9,11-12,27H2,1H3. The normalized spacial score (nSPS) is 20.7. The zero-order valence-corrected chi connectivity index (χ0v) is 18.6. The monoisotopic (exact) mass is 461 g/mol. The van der Waals surface area contributed by atoms with Gasteiger partial charge in [0.1, 0.15) is 16.8 Å². The zero-order valence-electron chi connectivity index (χ0n) is 18.6. The van der Waals surface area contributed by atoms with Crippen LogP contribution in [0.4, 0.5) is 10.1 Å². The Bertz CT molecular complexity index is 1430. The van der Waals surface area contributed by atoms with E-state index in [4.69, 9.17) is 10.5 Å². The van der Waals surface area contributed by atoms with E-state index in [1.807, 2.05) is 25.2 Å². The largest absolute Gasteiger partial charge is 0.451 e. The van der Waals surface area contributed by atoms with Crippen LogP contribution in [0.2, 0.25) is 0 Å². The van der Waals surface area contributed by atoms with Gasteiger partial charge >= 0.3 is 0 Å². The number of para-hydroxylation sites is 2. The fourth-order valence-electron chi connectivity index (χ4n) is 5.05. The van der Waals surface area contributed by atoms with E-state index in [-0.39, 0.29) is 40.4 Å². The maximum absolute atomic E-state index is 15.5. The van der Waals surface area contributed by atoms with Crippen molar-refractivity contribution >= 4 is 22.5 Å². The third-order valence-corrected chi connectivity index (χ3v) is 6.83. The van der Waals surface area contributed by atoms with E-state index in [0.29, 0.717) is 36.6 Å². The SMILES string of the molecule is CNC1CCN(C(=O)c2cn3c4c(c(N5C=CC(N)C5)c(F)cc4c2=O)Oc2ccccc2-3)C1. The summed E-state index contributed by atoms with van der Waals surface area (Å²) in [4.78, 5) is 30.3. The number of pyridine rings is 1. The Labute approximate surface area is 195 Å². The zero-order chi connectivity index (χ0) is 23.6. The Morgan fingerprint density at radius 3 is 2.82 bits per heavy atom. The number of nitrogens with one attached hydrogen (secondary N) is 1. The molecule has 2 atom stereocenters. The smallest absolute Gasteiger partial charge is 0.259 e. The number of likely N-dealkylation sites (tertiary alicyclic amines) is 1. The molecule has 1 fully saturated rings. The number of benzene rings is 2. The highest BCUT2D eigenvalue weighted by atomic mass is 19.1. The first-order valence-electron chi connectivity index (χ1n) is 11.3. The maximum Gasteiger partial charge on any atom is 0.259 e. The third kappa shape index (κ3) is 3.04. The van der Waals surface area contributed by atoms with Crippen molar-refractivity contribution in [3.05, 3.63) is 70.4 Å². The summed E-state index contributed by atoms with van der Waals surface area (Å²) in [6, 6.07) is 8.46. The number of halogens is 1. The summed E-state index contributed by atoms with van der Waals surface area (Å²) < 4.78 is 23.5. The van der Waals surface area contributed by atoms with E-state index in [0.717, 1.165) is 6.42 Å². The van der Waals surface area contributed by atoms with Crippen molar-refractivity contribution in [2.75, 3.05) is 31.6 Å². The van der Waals surface area contributed by atoms with E-state index in [1.54, 1.807) is 38.9 Å². The van der Waals surface area contributed by atoms with Gasteiger partial charge < -0.3 is 30.2 Å². The average molecular weight is 461 g/mol. The summed E-state index contributed by atoms with van der Waals surface area (Å²) >= 11 is 0. The second-order valence-electron chi connectivity index (χ2n) is 8.93. The summed E-state index contributed by atoms with van der Waals surface area (Å²) in [7, 11) is 1.86. The Hall–Kier alpha value is -3.69. The lowest BCUT2D eigenvalue weighted by Gasteiger charge is -2.29. The van der Waals surface area contributed by atoms with Crippen LogP contribution in [-0.2, 0) is 0 Å². The van der Waals surface area contributed by atoms with Crippen molar-refractivity contribution in [3.63, 3.8) is 0 Å². The summed E-state index contributed by atoms with van der Waals surface area (Å²) in [5.41, 5.74) is 6.83. The molecular weight excluding hydrogens is 437 g/mol. The highest BCUT2D eigenvalue weighted by Gasteiger charge is 2.33. The van der Waals surface area contributed by atoms with Gasteiger partial charge in [0.05, 0.1) is 11.1 Å². The van der Waals surface area contributed by atoms with Gasteiger partial charge in [-0.1, -0.05) is 12.1 Å². The molecule has 0 bridgehead atoms. The number of hydrogen-bond acceptors (Lipinski definition) is 6. The van der Waals surface area contributed by atoms with E-state index in [9.17, 15) is 9.59 Å². The summed E-state index contributed by atoms with van der Waals surface area (Å²) in [6.07, 6.45) is 5.89. The van der Waals surface area contributed by atoms with Gasteiger partial charge in [0.2, 0.25) is 5.43 Å². The Morgan fingerprint density at radius 1 is 1.26 bits per heavy atom. The van der Waals surface area contributed by atoms with Crippen LogP contribution >= 0.6 is 0 Å². The Balaban J connectivity index is 1.60. The summed E-state index contributed by atoms with van der Waals surface area (Å²) in [5.74, 6) is -0.212. The molecule has 3 aromatic rings. The molecule has 4 heterocycles. The Kier molecular flexibility index (Phi) is 4.72. The predicted octanol–water partition coefficient (Wildman–Crippen LogP) is 2.33. The molecule has 1 aromatic heterocycles. The van der Waals surface area contributed by atoms with Crippen molar-refractivity contribution in [3.8, 4) is 17.2 Å². The number of amides is 1. The fourth-order valence-corrected chi connectivity index (χ4v) is 5.05. The van der Waals surface area contributed by atoms with E-state index >= 15 is 4.39 Å². The first-order valence-corrected chi connectivity index (χ1v) is 11.3. The molecule has 0 radical (unpaired) electrons. The molecule has 2 aromatic carbocycles. The molecule has 34 heavy (non-hydrogen) atoms. The minimum atomic E-state index is -0.606. The minimum Gasteiger partial charge on any atom is -0.451 e. The first-order chi connectivity index (χ1) is 16.5. The quantitative estimate of drug-likeness (QED) is 0.487. The van der Waals surface area contributed by atoms with Gasteiger partial charge in [-0.3, -0.25) is 9.59 Å². The molecule has 1 saturated heterocycles. The summed E-state index contributed by atoms with van der Waals surface area (Å²) in [5, 5.41) is 3.28. The molecule has 3 N–H and O–H groups in total. The van der Waals surface area contributed by atoms with Crippen molar-refractivity contribution in [1.82, 2.24) is 14.8 Å². The van der Waals surface area contributed by atoms with E-state index in [2.05, 4.69) is 5.32 Å². The van der Waals surface area contributed by atoms with Crippen LogP contribution < -0.4 is 26.1 Å². The molecule has 0 aliphatic carbocycles. The van der Waals surface area contributed by atoms with Gasteiger partial charge in [0, 0.05) is 44.1 Å². The van der Waals surface area contributed by atoms with Crippen molar-refractivity contribution in [2.45, 2.75) is 18.5 Å². The van der Waals surface area contributed by atoms with Crippen LogP contribution in [0.25, 0.3) is 16.6 Å². The molecule has 2 unspecified atom stereocenters. The van der Waals surface area contributed by atoms with Gasteiger partial charge in [0.25, 0.3) is 5.91 Å². The topological polar surface area (TPSA) is 92.8 Å². The van der Waals surface area contributed by atoms with Crippen LogP contribution in [0, 0.1) is 5.82 Å². The third-order valence-electron chi connectivity index (χ3n) is 6.83. The van der Waals surface area contributed by atoms with Crippen LogP contribution in [0.5, 0.6) is 11.5 Å². The highest BCUT2D eigenvalue weighted by molar-refractivity contribution is 6.01. The van der Waals surface area contributed by atoms with Gasteiger partial charge in [-0.25, -0.2) is 4.39 Å². The summed E-state index contributed by atoms with van der Waals surface area (Å²) in [6.45, 7) is 1.47. The first kappa shape index (κ1) is 20.9. The lowest BCUT2D eigenvalue weighted by molar-refractivity contribution is 0.0788. The number of rotatable bonds is 3. The lowest BCUT2D eigenvalue weighted by Crippen LogP contribution is -2.36. The second kappa shape index (κ2) is 7.68. The fraction of sp³-hybridized carbons (Fsp3) is 0.280. The molecule has 9 heteroatoms. The lowest BCUT2D eigenvalue weighted by atomic mass is 10.1. The molecule has 8 nitrogen and oxygen atoms in total. The second-order valence-corrected chi connectivity index (χ2v) is 8.93. The van der Waals surface area contributed by atoms with Gasteiger partial charge in [-0.2, -0.15) is 0 Å². The molecule has 0 saturated carbocycles. The molecular formula is C25H24FN5O3. The van der Waals surface area contributed by atoms with E-state index in [1.165, 1.54) is 6.07 Å². The number of carbonyl (C=O) groups excluding carboxylic acids is 1. The van der Waals surface area contributed by atoms with Crippen LogP contribution in [0.3, 0.4) is 0 Å². The molecule has 1 amide bonds. The van der Waals surface area contributed by atoms with Crippen molar-refractivity contribution in [1.29, 1.82) is 0 Å². The molecule has 0 spiro atoms. The van der Waals surface area contributed by atoms with Gasteiger partial charge in [-0.15, -0.1) is 0 Å². The Morgan fingerprint density at radius 2 is 2.09 bits per heavy atom. The van der Waals surface area contributed by atoms with Crippen molar-refractivity contribution < 1.29 is 13.9 Å². The van der Waals surface area contributed by atoms with Gasteiger partial charge in [0.15, 0.2) is 17.3 Å². The van der Waals surface area contributed by atoms with Gasteiger partial charge in [-0.05, 0) is 37.7 Å². The number of hydrogen-bond donors (Lipinski definition) is 2. The molecule has 6 rings (SSSR count). The van der Waals surface area contributed by atoms with Crippen LogP contribution in [0.15, 0.2) is 53.6 Å². The predicted molar refractivity (Wildman–Crippen MR) is 127 cm³/mol. The van der Waals surface area contributed by atoms with E-state index < -0.39 is 11.2 Å². The average Bonchev–Trinajstić information content (AvgIpc) is 3.49. The molecule has 3 aliphatic rings. The number of nitrogens with two attached hydrogens (primary N) is 1. The number of nitrogens with zero attached hydrogens (tertiary/aromatic N) is 3. The number of fused-ring (bicyclic) bond motifs is 2. The highest BCUT2D eigenvalue weighted by Crippen LogP contribution is 2.46. The minimum absolute atomic E-state index is 0.0159. The van der Waals surface area contributed by atoms with Crippen molar-refractivity contribution in [2.24, 2.45) is 5.73 Å². The molecule has 174 valence electrons. The number of likely N-dealkylation sites (N-methyl/N-ethyl adjacent to an activating group) is 1. The number of aromatic nitrogens is 1. The van der Waals surface area contributed by atoms with Crippen LogP contribution in [-0.4, -0.2) is 54.1 Å². The van der Waals surface area contributed by atoms with Crippen LogP contribution in [0.1, 0.15) is 16.8 Å².